The normalized spacial score (nSPS) is 10.9. The van der Waals surface area contributed by atoms with Crippen LogP contribution >= 0.6 is 0 Å². The van der Waals surface area contributed by atoms with Gasteiger partial charge in [0.15, 0.2) is 0 Å². The molecule has 3 nitrogen and oxygen atoms in total. The molecule has 0 aliphatic heterocycles. The van der Waals surface area contributed by atoms with E-state index in [9.17, 15) is 9.90 Å². The van der Waals surface area contributed by atoms with Crippen molar-refractivity contribution in [2.75, 3.05) is 7.11 Å². The third-order valence-electron chi connectivity index (χ3n) is 2.54. The number of ether oxygens (including phenoxy) is 1. The summed E-state index contributed by atoms with van der Waals surface area (Å²) in [5.74, 6) is -0.582. The number of hydrogen-bond donors (Lipinski definition) is 0. The number of aliphatic carboxylic acids is 1. The topological polar surface area (TPSA) is 49.4 Å². The summed E-state index contributed by atoms with van der Waals surface area (Å²) < 4.78 is 5.22. The van der Waals surface area contributed by atoms with Crippen molar-refractivity contribution in [1.29, 1.82) is 0 Å². The van der Waals surface area contributed by atoms with Crippen molar-refractivity contribution in [2.45, 2.75) is 0 Å². The SMILES string of the molecule is COc1ccc2ccccc2c1/C=C/C(=O)[O-]. The average molecular weight is 227 g/mol. The fourth-order valence-electron chi connectivity index (χ4n) is 1.78. The van der Waals surface area contributed by atoms with E-state index in [1.165, 1.54) is 6.08 Å². The highest BCUT2D eigenvalue weighted by Crippen LogP contribution is 2.28. The molecule has 0 aliphatic carbocycles. The maximum Gasteiger partial charge on any atom is 0.126 e. The molecular formula is C14H11O3-. The Balaban J connectivity index is 2.67. The summed E-state index contributed by atoms with van der Waals surface area (Å²) in [7, 11) is 1.56. The molecule has 2 aromatic carbocycles. The smallest absolute Gasteiger partial charge is 0.126 e. The van der Waals surface area contributed by atoms with Gasteiger partial charge in [0.05, 0.1) is 13.1 Å². The Morgan fingerprint density at radius 1 is 1.24 bits per heavy atom. The van der Waals surface area contributed by atoms with E-state index in [1.54, 1.807) is 7.11 Å². The molecule has 0 fully saturated rings. The maximum absolute atomic E-state index is 10.5. The van der Waals surface area contributed by atoms with Gasteiger partial charge in [-0.15, -0.1) is 0 Å². The minimum atomic E-state index is -1.22. The summed E-state index contributed by atoms with van der Waals surface area (Å²) in [5, 5.41) is 12.5. The summed E-state index contributed by atoms with van der Waals surface area (Å²) in [5.41, 5.74) is 0.745. The number of fused-ring (bicyclic) bond motifs is 1. The Morgan fingerprint density at radius 2 is 2.00 bits per heavy atom. The Bertz CT molecular complexity index is 585. The number of rotatable bonds is 3. The number of carbonyl (C=O) groups excluding carboxylic acids is 1. The van der Waals surface area contributed by atoms with E-state index in [4.69, 9.17) is 4.74 Å². The lowest BCUT2D eigenvalue weighted by atomic mass is 10.0. The first-order valence-electron chi connectivity index (χ1n) is 5.17. The zero-order chi connectivity index (χ0) is 12.3. The van der Waals surface area contributed by atoms with Crippen LogP contribution < -0.4 is 9.84 Å². The molecular weight excluding hydrogens is 216 g/mol. The van der Waals surface area contributed by atoms with E-state index in [2.05, 4.69) is 0 Å². The molecule has 0 unspecified atom stereocenters. The highest BCUT2D eigenvalue weighted by molar-refractivity contribution is 5.96. The number of hydrogen-bond acceptors (Lipinski definition) is 3. The maximum atomic E-state index is 10.5. The van der Waals surface area contributed by atoms with Gasteiger partial charge in [0.2, 0.25) is 0 Å². The summed E-state index contributed by atoms with van der Waals surface area (Å²) in [4.78, 5) is 10.5. The Labute approximate surface area is 99.0 Å². The number of carboxylic acids is 1. The predicted molar refractivity (Wildman–Crippen MR) is 64.5 cm³/mol. The summed E-state index contributed by atoms with van der Waals surface area (Å²) in [6, 6.07) is 11.5. The first-order chi connectivity index (χ1) is 8.22. The van der Waals surface area contributed by atoms with Gasteiger partial charge in [0.1, 0.15) is 5.75 Å². The van der Waals surface area contributed by atoms with Crippen LogP contribution in [0.3, 0.4) is 0 Å². The van der Waals surface area contributed by atoms with E-state index in [0.717, 1.165) is 22.4 Å². The summed E-state index contributed by atoms with van der Waals surface area (Å²) in [6.07, 6.45) is 2.50. The van der Waals surface area contributed by atoms with Crippen LogP contribution in [0.4, 0.5) is 0 Å². The third-order valence-corrected chi connectivity index (χ3v) is 2.54. The van der Waals surface area contributed by atoms with Crippen molar-refractivity contribution in [2.24, 2.45) is 0 Å². The predicted octanol–water partition coefficient (Wildman–Crippen LogP) is 1.61. The van der Waals surface area contributed by atoms with Gasteiger partial charge in [-0.1, -0.05) is 30.3 Å². The fraction of sp³-hybridized carbons (Fsp3) is 0.0714. The molecule has 86 valence electrons. The molecule has 0 bridgehead atoms. The largest absolute Gasteiger partial charge is 0.545 e. The third kappa shape index (κ3) is 2.28. The van der Waals surface area contributed by atoms with Crippen LogP contribution in [0.1, 0.15) is 5.56 Å². The number of benzene rings is 2. The van der Waals surface area contributed by atoms with Gasteiger partial charge in [0, 0.05) is 5.56 Å². The molecule has 0 aliphatic rings. The van der Waals surface area contributed by atoms with Crippen LogP contribution in [-0.2, 0) is 4.79 Å². The zero-order valence-electron chi connectivity index (χ0n) is 9.34. The first kappa shape index (κ1) is 11.2. The second-order valence-electron chi connectivity index (χ2n) is 3.56. The lowest BCUT2D eigenvalue weighted by molar-refractivity contribution is -0.297. The highest BCUT2D eigenvalue weighted by atomic mass is 16.5. The molecule has 2 rings (SSSR count). The lowest BCUT2D eigenvalue weighted by Crippen LogP contribution is -2.18. The molecule has 0 amide bonds. The molecule has 3 heteroatoms. The van der Waals surface area contributed by atoms with Gasteiger partial charge in [-0.3, -0.25) is 0 Å². The molecule has 2 aromatic rings. The second kappa shape index (κ2) is 4.70. The summed E-state index contributed by atoms with van der Waals surface area (Å²) in [6.45, 7) is 0. The Hall–Kier alpha value is -2.29. The van der Waals surface area contributed by atoms with Crippen molar-refractivity contribution < 1.29 is 14.6 Å². The van der Waals surface area contributed by atoms with Crippen LogP contribution in [0.25, 0.3) is 16.8 Å². The van der Waals surface area contributed by atoms with Crippen molar-refractivity contribution in [3.63, 3.8) is 0 Å². The van der Waals surface area contributed by atoms with Crippen molar-refractivity contribution in [3.8, 4) is 5.75 Å². The molecule has 0 radical (unpaired) electrons. The molecule has 17 heavy (non-hydrogen) atoms. The van der Waals surface area contributed by atoms with Gasteiger partial charge in [-0.25, -0.2) is 0 Å². The molecule has 0 saturated carbocycles. The van der Waals surface area contributed by atoms with Gasteiger partial charge in [-0.05, 0) is 29.0 Å². The lowest BCUT2D eigenvalue weighted by Gasteiger charge is -2.08. The highest BCUT2D eigenvalue weighted by Gasteiger charge is 2.04. The van der Waals surface area contributed by atoms with Crippen molar-refractivity contribution >= 4 is 22.8 Å². The quantitative estimate of drug-likeness (QED) is 0.748. The van der Waals surface area contributed by atoms with E-state index < -0.39 is 5.97 Å². The zero-order valence-corrected chi connectivity index (χ0v) is 9.34. The van der Waals surface area contributed by atoms with E-state index in [0.29, 0.717) is 5.75 Å². The van der Waals surface area contributed by atoms with Gasteiger partial charge < -0.3 is 14.6 Å². The monoisotopic (exact) mass is 227 g/mol. The molecule has 0 N–H and O–H groups in total. The van der Waals surface area contributed by atoms with Gasteiger partial charge >= 0.3 is 0 Å². The number of carbonyl (C=O) groups is 1. The van der Waals surface area contributed by atoms with Crippen LogP contribution in [-0.4, -0.2) is 13.1 Å². The van der Waals surface area contributed by atoms with Crippen molar-refractivity contribution in [3.05, 3.63) is 48.0 Å². The molecule has 0 atom stereocenters. The number of carboxylic acid groups (broad SMARTS) is 1. The summed E-state index contributed by atoms with van der Waals surface area (Å²) >= 11 is 0. The van der Waals surface area contributed by atoms with Crippen LogP contribution in [0, 0.1) is 0 Å². The van der Waals surface area contributed by atoms with Crippen LogP contribution in [0.15, 0.2) is 42.5 Å². The molecule has 0 heterocycles. The van der Waals surface area contributed by atoms with Crippen LogP contribution in [0.5, 0.6) is 5.75 Å². The molecule has 0 spiro atoms. The van der Waals surface area contributed by atoms with E-state index in [1.807, 2.05) is 36.4 Å². The average Bonchev–Trinajstić information content (AvgIpc) is 2.35. The Kier molecular flexibility index (Phi) is 3.10. The van der Waals surface area contributed by atoms with Crippen molar-refractivity contribution in [1.82, 2.24) is 0 Å². The van der Waals surface area contributed by atoms with E-state index in [-0.39, 0.29) is 0 Å². The standard InChI is InChI=1S/C14H12O3/c1-17-13-8-6-10-4-2-3-5-11(10)12(13)7-9-14(15)16/h2-9H,1H3,(H,15,16)/p-1/b9-7+. The van der Waals surface area contributed by atoms with Gasteiger partial charge in [0.25, 0.3) is 0 Å². The molecule has 0 aromatic heterocycles. The molecule has 0 saturated heterocycles. The van der Waals surface area contributed by atoms with Gasteiger partial charge in [-0.2, -0.15) is 0 Å². The minimum Gasteiger partial charge on any atom is -0.545 e. The second-order valence-corrected chi connectivity index (χ2v) is 3.56. The first-order valence-corrected chi connectivity index (χ1v) is 5.17. The fourth-order valence-corrected chi connectivity index (χ4v) is 1.78. The number of methoxy groups -OCH3 is 1. The Morgan fingerprint density at radius 3 is 2.71 bits per heavy atom. The van der Waals surface area contributed by atoms with Crippen LogP contribution in [0.2, 0.25) is 0 Å². The minimum absolute atomic E-state index is 0.640. The van der Waals surface area contributed by atoms with E-state index >= 15 is 0 Å².